The van der Waals surface area contributed by atoms with Crippen LogP contribution in [0.15, 0.2) is 71.8 Å². The molecule has 0 bridgehead atoms. The molecule has 10 nitrogen and oxygen atoms in total. The van der Waals surface area contributed by atoms with Crippen molar-refractivity contribution in [1.82, 2.24) is 29.7 Å². The lowest BCUT2D eigenvalue weighted by Gasteiger charge is -2.30. The molecule has 3 aromatic heterocycles. The van der Waals surface area contributed by atoms with Gasteiger partial charge in [0.1, 0.15) is 11.5 Å². The van der Waals surface area contributed by atoms with Crippen molar-refractivity contribution in [3.05, 3.63) is 83.2 Å². The van der Waals surface area contributed by atoms with E-state index in [9.17, 15) is 9.59 Å². The molecule has 6 rings (SSSR count). The first kappa shape index (κ1) is 23.1. The molecule has 0 radical (unpaired) electrons. The Labute approximate surface area is 213 Å². The average Bonchev–Trinajstić information content (AvgIpc) is 3.26. The Hall–Kier alpha value is -4.28. The van der Waals surface area contributed by atoms with Crippen LogP contribution in [0, 0.1) is 0 Å². The number of pyridine rings is 2. The van der Waals surface area contributed by atoms with Crippen LogP contribution in [0.3, 0.4) is 0 Å². The van der Waals surface area contributed by atoms with E-state index in [0.29, 0.717) is 11.5 Å². The molecule has 1 fully saturated rings. The van der Waals surface area contributed by atoms with E-state index in [1.165, 1.54) is 0 Å². The number of anilines is 2. The maximum atomic E-state index is 13.7. The number of piperazine rings is 1. The van der Waals surface area contributed by atoms with Gasteiger partial charge in [0.05, 0.1) is 28.6 Å². The van der Waals surface area contributed by atoms with E-state index in [2.05, 4.69) is 30.8 Å². The molecule has 1 amide bonds. The molecule has 1 aromatic carbocycles. The van der Waals surface area contributed by atoms with Crippen molar-refractivity contribution in [3.8, 4) is 5.82 Å². The number of imidazole rings is 1. The van der Waals surface area contributed by atoms with Crippen LogP contribution in [-0.2, 0) is 0 Å². The second-order valence-corrected chi connectivity index (χ2v) is 9.06. The molecule has 0 spiro atoms. The van der Waals surface area contributed by atoms with Gasteiger partial charge in [-0.15, -0.1) is 0 Å². The lowest BCUT2D eigenvalue weighted by molar-refractivity contribution is 0.102. The third-order valence-corrected chi connectivity index (χ3v) is 6.77. The van der Waals surface area contributed by atoms with Gasteiger partial charge in [0, 0.05) is 57.6 Å². The highest BCUT2D eigenvalue weighted by atomic mass is 16.2. The molecule has 0 saturated carbocycles. The second kappa shape index (κ2) is 10.00. The summed E-state index contributed by atoms with van der Waals surface area (Å²) < 4.78 is 3.32. The fraction of sp³-hybridized carbons (Fsp3) is 0.259. The summed E-state index contributed by atoms with van der Waals surface area (Å²) in [6.45, 7) is 5.00. The molecular weight excluding hydrogens is 468 g/mol. The summed E-state index contributed by atoms with van der Waals surface area (Å²) in [6, 6.07) is 14.7. The zero-order chi connectivity index (χ0) is 25.2. The maximum absolute atomic E-state index is 13.7. The summed E-state index contributed by atoms with van der Waals surface area (Å²) in [4.78, 5) is 38.0. The Morgan fingerprint density at radius 1 is 0.919 bits per heavy atom. The Morgan fingerprint density at radius 3 is 2.51 bits per heavy atom. The second-order valence-electron chi connectivity index (χ2n) is 9.06. The molecule has 0 unspecified atom stereocenters. The smallest absolute Gasteiger partial charge is 0.339 e. The predicted molar refractivity (Wildman–Crippen MR) is 144 cm³/mol. The molecule has 2 aliphatic rings. The van der Waals surface area contributed by atoms with Crippen LogP contribution in [0.5, 0.6) is 0 Å². The van der Waals surface area contributed by atoms with Crippen molar-refractivity contribution in [1.29, 1.82) is 0 Å². The summed E-state index contributed by atoms with van der Waals surface area (Å²) in [5.74, 6) is 0.0414. The first-order valence-corrected chi connectivity index (χ1v) is 12.5. The number of carbonyl (C=O) groups is 1. The first-order chi connectivity index (χ1) is 18.2. The number of amides is 1. The number of hydrogen-bond donors (Lipinski definition) is 3. The summed E-state index contributed by atoms with van der Waals surface area (Å²) in [6.07, 6.45) is 6.18. The van der Waals surface area contributed by atoms with Gasteiger partial charge in [-0.1, -0.05) is 24.3 Å². The van der Waals surface area contributed by atoms with Crippen LogP contribution < -0.4 is 26.5 Å². The minimum absolute atomic E-state index is 0.201. The van der Waals surface area contributed by atoms with Crippen molar-refractivity contribution in [2.45, 2.75) is 6.42 Å². The number of para-hydroxylation sites is 2. The van der Waals surface area contributed by atoms with Gasteiger partial charge in [0.25, 0.3) is 5.91 Å². The topological polar surface area (TPSA) is 109 Å². The predicted octanol–water partition coefficient (Wildman–Crippen LogP) is 2.08. The van der Waals surface area contributed by atoms with E-state index >= 15 is 0 Å². The van der Waals surface area contributed by atoms with E-state index in [1.54, 1.807) is 39.7 Å². The molecular formula is C27H28N8O2. The van der Waals surface area contributed by atoms with E-state index in [-0.39, 0.29) is 17.3 Å². The molecule has 0 atom stereocenters. The van der Waals surface area contributed by atoms with Gasteiger partial charge in [0.2, 0.25) is 0 Å². The van der Waals surface area contributed by atoms with Crippen LogP contribution in [0.25, 0.3) is 22.5 Å². The standard InChI is InChI=1S/C27H28N8O2/c36-26(32-21-18-30-13-10-22(21)33-16-14-29-15-17-33)20-4-3-7-25(31-20)35-24-6-2-1-5-23(24)34(27(35)37)19-8-11-28-12-9-19/h1-8,10,13,18,28-29H,9,11-12,14-17H2,(H,32,36). The number of aromatic nitrogens is 4. The van der Waals surface area contributed by atoms with Crippen molar-refractivity contribution < 1.29 is 4.79 Å². The van der Waals surface area contributed by atoms with Crippen LogP contribution in [0.4, 0.5) is 11.4 Å². The van der Waals surface area contributed by atoms with Gasteiger partial charge in [-0.3, -0.25) is 14.3 Å². The highest BCUT2D eigenvalue weighted by Crippen LogP contribution is 2.26. The first-order valence-electron chi connectivity index (χ1n) is 12.5. The van der Waals surface area contributed by atoms with Gasteiger partial charge in [-0.25, -0.2) is 14.3 Å². The van der Waals surface area contributed by atoms with Crippen molar-refractivity contribution in [3.63, 3.8) is 0 Å². The van der Waals surface area contributed by atoms with Crippen LogP contribution >= 0.6 is 0 Å². The number of carbonyl (C=O) groups excluding carboxylic acids is 1. The fourth-order valence-corrected chi connectivity index (χ4v) is 4.99. The quantitative estimate of drug-likeness (QED) is 0.388. The lowest BCUT2D eigenvalue weighted by atomic mass is 10.2. The van der Waals surface area contributed by atoms with E-state index in [1.807, 2.05) is 36.4 Å². The average molecular weight is 497 g/mol. The number of fused-ring (bicyclic) bond motifs is 1. The minimum atomic E-state index is -0.357. The third-order valence-electron chi connectivity index (χ3n) is 6.77. The largest absolute Gasteiger partial charge is 0.367 e. The minimum Gasteiger partial charge on any atom is -0.367 e. The molecule has 37 heavy (non-hydrogen) atoms. The SMILES string of the molecule is O=C(Nc1cnccc1N1CCNCC1)c1cccc(-n2c(=O)n(C3=CCNCC3)c3ccccc32)n1. The summed E-state index contributed by atoms with van der Waals surface area (Å²) in [5.41, 5.74) is 4.09. The third kappa shape index (κ3) is 4.41. The number of nitrogens with zero attached hydrogens (tertiary/aromatic N) is 5. The van der Waals surface area contributed by atoms with Crippen molar-refractivity contribution >= 4 is 34.0 Å². The molecule has 5 heterocycles. The van der Waals surface area contributed by atoms with Gasteiger partial charge in [0.15, 0.2) is 0 Å². The summed E-state index contributed by atoms with van der Waals surface area (Å²) in [7, 11) is 0. The van der Waals surface area contributed by atoms with Crippen LogP contribution in [-0.4, -0.2) is 64.3 Å². The Balaban J connectivity index is 1.36. The number of rotatable bonds is 5. The monoisotopic (exact) mass is 496 g/mol. The normalized spacial score (nSPS) is 16.0. The Bertz CT molecular complexity index is 1550. The Morgan fingerprint density at radius 2 is 1.73 bits per heavy atom. The van der Waals surface area contributed by atoms with Crippen LogP contribution in [0.2, 0.25) is 0 Å². The molecule has 188 valence electrons. The zero-order valence-corrected chi connectivity index (χ0v) is 20.4. The Kier molecular flexibility index (Phi) is 6.25. The van der Waals surface area contributed by atoms with Crippen molar-refractivity contribution in [2.24, 2.45) is 0 Å². The molecule has 4 aromatic rings. The molecule has 2 aliphatic heterocycles. The fourth-order valence-electron chi connectivity index (χ4n) is 4.99. The van der Waals surface area contributed by atoms with E-state index in [4.69, 9.17) is 0 Å². The number of hydrogen-bond acceptors (Lipinski definition) is 7. The molecule has 0 aliphatic carbocycles. The van der Waals surface area contributed by atoms with Crippen LogP contribution in [0.1, 0.15) is 16.9 Å². The van der Waals surface area contributed by atoms with Crippen molar-refractivity contribution in [2.75, 3.05) is 49.5 Å². The summed E-state index contributed by atoms with van der Waals surface area (Å²) in [5, 5.41) is 9.61. The number of benzene rings is 1. The van der Waals surface area contributed by atoms with E-state index in [0.717, 1.165) is 68.1 Å². The highest BCUT2D eigenvalue weighted by Gasteiger charge is 2.21. The zero-order valence-electron chi connectivity index (χ0n) is 20.4. The number of nitrogens with one attached hydrogen (secondary N) is 3. The van der Waals surface area contributed by atoms with Gasteiger partial charge >= 0.3 is 5.69 Å². The molecule has 10 heteroatoms. The highest BCUT2D eigenvalue weighted by molar-refractivity contribution is 6.04. The van der Waals surface area contributed by atoms with Gasteiger partial charge in [-0.05, 0) is 30.3 Å². The molecule has 3 N–H and O–H groups in total. The van der Waals surface area contributed by atoms with Gasteiger partial charge < -0.3 is 20.9 Å². The maximum Gasteiger partial charge on any atom is 0.339 e. The van der Waals surface area contributed by atoms with E-state index < -0.39 is 0 Å². The van der Waals surface area contributed by atoms with Gasteiger partial charge in [-0.2, -0.15) is 0 Å². The molecule has 1 saturated heterocycles. The lowest BCUT2D eigenvalue weighted by Crippen LogP contribution is -2.43. The summed E-state index contributed by atoms with van der Waals surface area (Å²) >= 11 is 0.